The molecule has 7 nitrogen and oxygen atoms in total. The van der Waals surface area contributed by atoms with E-state index in [1.54, 1.807) is 17.0 Å². The molecule has 1 atom stereocenters. The fourth-order valence-corrected chi connectivity index (χ4v) is 3.68. The van der Waals surface area contributed by atoms with Gasteiger partial charge in [0.15, 0.2) is 0 Å². The second-order valence-electron chi connectivity index (χ2n) is 6.62. The van der Waals surface area contributed by atoms with E-state index in [1.165, 1.54) is 6.07 Å². The lowest BCUT2D eigenvalue weighted by Crippen LogP contribution is -2.30. The molecule has 0 bridgehead atoms. The molecule has 1 amide bonds. The van der Waals surface area contributed by atoms with Gasteiger partial charge in [0.2, 0.25) is 0 Å². The van der Waals surface area contributed by atoms with E-state index < -0.39 is 0 Å². The van der Waals surface area contributed by atoms with Gasteiger partial charge in [0.05, 0.1) is 4.92 Å². The Labute approximate surface area is 153 Å². The Bertz CT molecular complexity index is 634. The molecular formula is C17H25ClN4O3. The molecule has 0 spiro atoms. The van der Waals surface area contributed by atoms with Gasteiger partial charge >= 0.3 is 0 Å². The number of nitro groups is 1. The molecule has 1 aromatic rings. The number of carbonyl (C=O) groups is 1. The molecule has 2 saturated heterocycles. The van der Waals surface area contributed by atoms with Gasteiger partial charge in [0.1, 0.15) is 5.69 Å². The third-order valence-electron chi connectivity index (χ3n) is 4.93. The first-order chi connectivity index (χ1) is 11.6. The zero-order valence-electron chi connectivity index (χ0n) is 14.4. The van der Waals surface area contributed by atoms with Gasteiger partial charge in [-0.2, -0.15) is 0 Å². The van der Waals surface area contributed by atoms with Crippen molar-refractivity contribution in [3.05, 3.63) is 33.9 Å². The number of rotatable bonds is 5. The molecule has 1 unspecified atom stereocenters. The molecule has 0 aliphatic carbocycles. The minimum atomic E-state index is -0.377. The maximum atomic E-state index is 12.7. The first-order valence-electron chi connectivity index (χ1n) is 8.57. The summed E-state index contributed by atoms with van der Waals surface area (Å²) in [6.07, 6.45) is 3.08. The fraction of sp³-hybridized carbons (Fsp3) is 0.588. The summed E-state index contributed by atoms with van der Waals surface area (Å²) in [5.74, 6) is 0.350. The summed E-state index contributed by atoms with van der Waals surface area (Å²) >= 11 is 0. The minimum Gasteiger partial charge on any atom is -0.366 e. The summed E-state index contributed by atoms with van der Waals surface area (Å²) in [5, 5.41) is 14.6. The van der Waals surface area contributed by atoms with Gasteiger partial charge in [0, 0.05) is 37.8 Å². The van der Waals surface area contributed by atoms with Crippen molar-refractivity contribution in [2.24, 2.45) is 5.92 Å². The van der Waals surface area contributed by atoms with E-state index in [-0.39, 0.29) is 28.9 Å². The fourth-order valence-electron chi connectivity index (χ4n) is 3.68. The molecule has 2 aliphatic heterocycles. The average molecular weight is 369 g/mol. The molecule has 1 N–H and O–H groups in total. The molecule has 0 radical (unpaired) electrons. The normalized spacial score (nSPS) is 19.8. The molecule has 138 valence electrons. The number of amides is 1. The first-order valence-corrected chi connectivity index (χ1v) is 8.57. The number of hydrogen-bond acceptors (Lipinski definition) is 5. The molecule has 0 saturated carbocycles. The summed E-state index contributed by atoms with van der Waals surface area (Å²) in [5.41, 5.74) is 1.08. The smallest absolute Gasteiger partial charge is 0.293 e. The quantitative estimate of drug-likeness (QED) is 0.637. The van der Waals surface area contributed by atoms with Crippen LogP contribution in [0.3, 0.4) is 0 Å². The summed E-state index contributed by atoms with van der Waals surface area (Å²) in [6.45, 7) is 3.99. The number of nitrogens with one attached hydrogen (secondary N) is 1. The van der Waals surface area contributed by atoms with Crippen LogP contribution in [0.1, 0.15) is 29.6 Å². The molecule has 2 fully saturated rings. The lowest BCUT2D eigenvalue weighted by atomic mass is 10.1. The van der Waals surface area contributed by atoms with E-state index in [0.717, 1.165) is 38.9 Å². The van der Waals surface area contributed by atoms with Crippen LogP contribution in [0, 0.1) is 16.0 Å². The Balaban J connectivity index is 0.00000225. The lowest BCUT2D eigenvalue weighted by molar-refractivity contribution is -0.384. The van der Waals surface area contributed by atoms with Crippen molar-refractivity contribution in [1.29, 1.82) is 0 Å². The summed E-state index contributed by atoms with van der Waals surface area (Å²) in [7, 11) is 1.91. The monoisotopic (exact) mass is 368 g/mol. The number of benzene rings is 1. The minimum absolute atomic E-state index is 0. The third kappa shape index (κ3) is 4.22. The van der Waals surface area contributed by atoms with Crippen molar-refractivity contribution in [1.82, 2.24) is 10.2 Å². The van der Waals surface area contributed by atoms with Gasteiger partial charge in [-0.1, -0.05) is 0 Å². The largest absolute Gasteiger partial charge is 0.366 e. The highest BCUT2D eigenvalue weighted by atomic mass is 35.5. The maximum absolute atomic E-state index is 12.7. The molecule has 2 aliphatic rings. The second-order valence-corrected chi connectivity index (χ2v) is 6.62. The number of nitro benzene ring substituents is 1. The zero-order valence-corrected chi connectivity index (χ0v) is 15.3. The number of hydrogen-bond donors (Lipinski definition) is 1. The molecule has 8 heteroatoms. The Morgan fingerprint density at radius 2 is 2.04 bits per heavy atom. The van der Waals surface area contributed by atoms with E-state index in [0.29, 0.717) is 30.3 Å². The van der Waals surface area contributed by atoms with Crippen LogP contribution in [0.4, 0.5) is 11.4 Å². The van der Waals surface area contributed by atoms with Crippen LogP contribution >= 0.6 is 12.4 Å². The summed E-state index contributed by atoms with van der Waals surface area (Å²) < 4.78 is 0. The maximum Gasteiger partial charge on any atom is 0.293 e. The standard InChI is InChI=1S/C17H24N4O3.ClH/c1-18-11-13-6-9-20(12-13)17(22)14-4-5-15(16(10-14)21(23)24)19-7-2-3-8-19;/h4-5,10,13,18H,2-3,6-9,11-12H2,1H3;1H. The molecule has 1 aromatic carbocycles. The van der Waals surface area contributed by atoms with E-state index in [2.05, 4.69) is 5.32 Å². The van der Waals surface area contributed by atoms with Crippen LogP contribution in [0.5, 0.6) is 0 Å². The molecule has 3 rings (SSSR count). The Kier molecular flexibility index (Phi) is 6.61. The van der Waals surface area contributed by atoms with Crippen molar-refractivity contribution in [2.75, 3.05) is 44.7 Å². The highest BCUT2D eigenvalue weighted by molar-refractivity contribution is 5.96. The van der Waals surface area contributed by atoms with Gasteiger partial charge < -0.3 is 15.1 Å². The Morgan fingerprint density at radius 3 is 2.68 bits per heavy atom. The second kappa shape index (κ2) is 8.49. The van der Waals surface area contributed by atoms with Crippen molar-refractivity contribution >= 4 is 29.7 Å². The SMILES string of the molecule is CNCC1CCN(C(=O)c2ccc(N3CCCC3)c([N+](=O)[O-])c2)C1.Cl. The zero-order chi connectivity index (χ0) is 17.1. The first kappa shape index (κ1) is 19.5. The van der Waals surface area contributed by atoms with Crippen LogP contribution in [0.2, 0.25) is 0 Å². The Morgan fingerprint density at radius 1 is 1.32 bits per heavy atom. The van der Waals surface area contributed by atoms with Gasteiger partial charge in [-0.25, -0.2) is 0 Å². The van der Waals surface area contributed by atoms with E-state index in [9.17, 15) is 14.9 Å². The molecule has 25 heavy (non-hydrogen) atoms. The van der Waals surface area contributed by atoms with E-state index in [1.807, 2.05) is 11.9 Å². The number of anilines is 1. The van der Waals surface area contributed by atoms with Crippen LogP contribution in [0.15, 0.2) is 18.2 Å². The van der Waals surface area contributed by atoms with E-state index >= 15 is 0 Å². The summed E-state index contributed by atoms with van der Waals surface area (Å²) in [4.78, 5) is 27.6. The van der Waals surface area contributed by atoms with Crippen LogP contribution < -0.4 is 10.2 Å². The van der Waals surface area contributed by atoms with Crippen molar-refractivity contribution in [2.45, 2.75) is 19.3 Å². The lowest BCUT2D eigenvalue weighted by Gasteiger charge is -2.20. The van der Waals surface area contributed by atoms with Gasteiger partial charge in [-0.05, 0) is 50.9 Å². The predicted molar refractivity (Wildman–Crippen MR) is 99.7 cm³/mol. The number of likely N-dealkylation sites (tertiary alicyclic amines) is 1. The topological polar surface area (TPSA) is 78.7 Å². The van der Waals surface area contributed by atoms with Gasteiger partial charge in [-0.3, -0.25) is 14.9 Å². The van der Waals surface area contributed by atoms with E-state index in [4.69, 9.17) is 0 Å². The number of halogens is 1. The van der Waals surface area contributed by atoms with Crippen molar-refractivity contribution < 1.29 is 9.72 Å². The van der Waals surface area contributed by atoms with Crippen LogP contribution in [-0.2, 0) is 0 Å². The Hall–Kier alpha value is -1.86. The molecule has 0 aromatic heterocycles. The van der Waals surface area contributed by atoms with Gasteiger partial charge in [0.25, 0.3) is 11.6 Å². The van der Waals surface area contributed by atoms with Crippen LogP contribution in [-0.4, -0.2) is 55.5 Å². The number of carbonyl (C=O) groups excluding carboxylic acids is 1. The average Bonchev–Trinajstić information content (AvgIpc) is 3.25. The predicted octanol–water partition coefficient (Wildman–Crippen LogP) is 2.30. The van der Waals surface area contributed by atoms with Crippen molar-refractivity contribution in [3.63, 3.8) is 0 Å². The molecule has 2 heterocycles. The summed E-state index contributed by atoms with van der Waals surface area (Å²) in [6, 6.07) is 4.91. The molecular weight excluding hydrogens is 344 g/mol. The van der Waals surface area contributed by atoms with Crippen LogP contribution in [0.25, 0.3) is 0 Å². The van der Waals surface area contributed by atoms with Gasteiger partial charge in [-0.15, -0.1) is 12.4 Å². The third-order valence-corrected chi connectivity index (χ3v) is 4.93. The highest BCUT2D eigenvalue weighted by Crippen LogP contribution is 2.32. The highest BCUT2D eigenvalue weighted by Gasteiger charge is 2.29. The number of nitrogens with zero attached hydrogens (tertiary/aromatic N) is 3. The van der Waals surface area contributed by atoms with Crippen molar-refractivity contribution in [3.8, 4) is 0 Å².